The summed E-state index contributed by atoms with van der Waals surface area (Å²) in [5.41, 5.74) is 4.41. The standard InChI is InChI=1S/C10H10N3.C8H6N.Y/c1-8-7-10(13-12-8)11-9-5-3-2-4-6-9;1-2-4-8-7(3-1)5-6-9-8;/h2-3,5-7H,1H3,(H2,11,12,13);1-4H,5H2;/q2*-1;. The van der Waals surface area contributed by atoms with Crippen LogP contribution in [0.5, 0.6) is 0 Å². The molecule has 0 aliphatic carbocycles. The molecule has 2 heterocycles. The number of rotatable bonds is 2. The molecule has 0 atom stereocenters. The molecule has 0 spiro atoms. The van der Waals surface area contributed by atoms with Crippen molar-refractivity contribution in [3.8, 4) is 0 Å². The second kappa shape index (κ2) is 8.75. The molecule has 1 aromatic heterocycles. The number of hydrogen-bond acceptors (Lipinski definition) is 3. The number of para-hydroxylation sites is 1. The summed E-state index contributed by atoms with van der Waals surface area (Å²) < 4.78 is 0. The van der Waals surface area contributed by atoms with Crippen LogP contribution in [0.3, 0.4) is 0 Å². The Hall–Kier alpha value is -1.78. The van der Waals surface area contributed by atoms with E-state index in [4.69, 9.17) is 0 Å². The van der Waals surface area contributed by atoms with Crippen LogP contribution in [0.4, 0.5) is 17.2 Å². The zero-order valence-corrected chi connectivity index (χ0v) is 15.7. The van der Waals surface area contributed by atoms with Gasteiger partial charge in [-0.25, -0.2) is 0 Å². The van der Waals surface area contributed by atoms with Crippen LogP contribution < -0.4 is 5.32 Å². The first-order chi connectivity index (χ1) is 10.8. The smallest absolute Gasteiger partial charge is 0.141 e. The number of aliphatic imine (C=N–C) groups is 1. The van der Waals surface area contributed by atoms with Crippen molar-refractivity contribution in [3.63, 3.8) is 0 Å². The Morgan fingerprint density at radius 3 is 2.74 bits per heavy atom. The van der Waals surface area contributed by atoms with E-state index in [-0.39, 0.29) is 32.7 Å². The van der Waals surface area contributed by atoms with E-state index in [0.29, 0.717) is 0 Å². The zero-order valence-electron chi connectivity index (χ0n) is 12.9. The molecule has 4 rings (SSSR count). The number of aromatic amines is 1. The van der Waals surface area contributed by atoms with Crippen LogP contribution in [0.1, 0.15) is 11.3 Å². The number of nitrogens with zero attached hydrogens (tertiary/aromatic N) is 2. The summed E-state index contributed by atoms with van der Waals surface area (Å²) in [4.78, 5) is 4.05. The van der Waals surface area contributed by atoms with E-state index in [1.165, 1.54) is 5.56 Å². The van der Waals surface area contributed by atoms with E-state index in [9.17, 15) is 0 Å². The van der Waals surface area contributed by atoms with Crippen LogP contribution in [0.25, 0.3) is 0 Å². The molecule has 0 saturated carbocycles. The minimum atomic E-state index is 0. The van der Waals surface area contributed by atoms with Crippen LogP contribution in [0.2, 0.25) is 0 Å². The van der Waals surface area contributed by atoms with Gasteiger partial charge in [0.1, 0.15) is 5.82 Å². The fourth-order valence-electron chi connectivity index (χ4n) is 2.08. The van der Waals surface area contributed by atoms with Gasteiger partial charge < -0.3 is 10.3 Å². The maximum atomic E-state index is 4.06. The molecule has 4 nitrogen and oxygen atoms in total. The molecule has 0 bridgehead atoms. The normalized spacial score (nSPS) is 11.0. The van der Waals surface area contributed by atoms with Gasteiger partial charge >= 0.3 is 0 Å². The van der Waals surface area contributed by atoms with Crippen LogP contribution in [-0.4, -0.2) is 16.4 Å². The minimum Gasteiger partial charge on any atom is -0.456 e. The zero-order chi connectivity index (χ0) is 15.2. The predicted octanol–water partition coefficient (Wildman–Crippen LogP) is 4.08. The second-order valence-electron chi connectivity index (χ2n) is 4.93. The summed E-state index contributed by atoms with van der Waals surface area (Å²) in [6.07, 6.45) is 3.80. The van der Waals surface area contributed by atoms with E-state index in [1.54, 1.807) is 0 Å². The van der Waals surface area contributed by atoms with Gasteiger partial charge in [0.25, 0.3) is 0 Å². The maximum Gasteiger partial charge on any atom is 0.141 e. The van der Waals surface area contributed by atoms with Crippen molar-refractivity contribution in [1.82, 2.24) is 10.2 Å². The van der Waals surface area contributed by atoms with Crippen molar-refractivity contribution in [3.05, 3.63) is 71.9 Å². The second-order valence-corrected chi connectivity index (χ2v) is 4.93. The third kappa shape index (κ3) is 5.12. The van der Waals surface area contributed by atoms with Crippen LogP contribution in [-0.2, 0) is 39.1 Å². The fraction of sp³-hybridized carbons (Fsp3) is 0.111. The van der Waals surface area contributed by atoms with Gasteiger partial charge in [-0.15, -0.1) is 17.7 Å². The Kier molecular flexibility index (Phi) is 6.69. The summed E-state index contributed by atoms with van der Waals surface area (Å²) in [6, 6.07) is 20.7. The Morgan fingerprint density at radius 1 is 1.17 bits per heavy atom. The van der Waals surface area contributed by atoms with Gasteiger partial charge in [0.05, 0.1) is 0 Å². The van der Waals surface area contributed by atoms with Gasteiger partial charge in [-0.05, 0) is 6.92 Å². The van der Waals surface area contributed by atoms with E-state index in [2.05, 4.69) is 38.9 Å². The summed E-state index contributed by atoms with van der Waals surface area (Å²) in [6.45, 7) is 1.97. The molecular weight excluding hydrogens is 361 g/mol. The number of aromatic nitrogens is 2. The van der Waals surface area contributed by atoms with Crippen LogP contribution in [0, 0.1) is 13.0 Å². The SMILES string of the molecule is Cc1cc(Nc2c[c-]ccc2)n[nH]1.[C-]1=Nc2ccccc2C1.[Y]. The third-order valence-corrected chi connectivity index (χ3v) is 3.15. The maximum absolute atomic E-state index is 4.06. The number of aryl methyl sites for hydroxylation is 1. The van der Waals surface area contributed by atoms with E-state index in [1.807, 2.05) is 55.5 Å². The first kappa shape index (κ1) is 17.6. The molecule has 23 heavy (non-hydrogen) atoms. The molecule has 2 N–H and O–H groups in total. The molecule has 1 aliphatic rings. The Balaban J connectivity index is 0.000000169. The number of nitrogens with one attached hydrogen (secondary N) is 2. The molecule has 2 aromatic carbocycles. The van der Waals surface area contributed by atoms with Crippen molar-refractivity contribution in [2.75, 3.05) is 5.32 Å². The molecule has 0 fully saturated rings. The number of anilines is 2. The first-order valence-electron chi connectivity index (χ1n) is 7.08. The van der Waals surface area contributed by atoms with Crippen molar-refractivity contribution >= 4 is 23.4 Å². The van der Waals surface area contributed by atoms with Gasteiger partial charge in [0.2, 0.25) is 0 Å². The summed E-state index contributed by atoms with van der Waals surface area (Å²) in [5, 5.41) is 10.1. The summed E-state index contributed by atoms with van der Waals surface area (Å²) in [5.74, 6) is 0.831. The minimum absolute atomic E-state index is 0. The average molecular weight is 377 g/mol. The van der Waals surface area contributed by atoms with Gasteiger partial charge in [-0.3, -0.25) is 5.10 Å². The topological polar surface area (TPSA) is 53.1 Å². The van der Waals surface area contributed by atoms with Crippen molar-refractivity contribution in [2.45, 2.75) is 13.3 Å². The number of fused-ring (bicyclic) bond motifs is 1. The Labute approximate surface area is 161 Å². The molecule has 113 valence electrons. The number of H-pyrrole nitrogens is 1. The van der Waals surface area contributed by atoms with Gasteiger partial charge in [0.15, 0.2) is 0 Å². The molecule has 3 aromatic rings. The number of benzene rings is 2. The van der Waals surface area contributed by atoms with E-state index < -0.39 is 0 Å². The first-order valence-corrected chi connectivity index (χ1v) is 7.08. The van der Waals surface area contributed by atoms with Gasteiger partial charge in [-0.2, -0.15) is 35.6 Å². The summed E-state index contributed by atoms with van der Waals surface area (Å²) >= 11 is 0. The van der Waals surface area contributed by atoms with Crippen molar-refractivity contribution in [2.24, 2.45) is 4.99 Å². The van der Waals surface area contributed by atoms with E-state index >= 15 is 0 Å². The molecule has 1 aliphatic heterocycles. The average Bonchev–Trinajstić information content (AvgIpc) is 3.18. The van der Waals surface area contributed by atoms with Crippen molar-refractivity contribution < 1.29 is 32.7 Å². The number of hydrogen-bond donors (Lipinski definition) is 2. The Morgan fingerprint density at radius 2 is 2.04 bits per heavy atom. The Bertz CT molecular complexity index is 765. The monoisotopic (exact) mass is 377 g/mol. The van der Waals surface area contributed by atoms with Gasteiger partial charge in [0, 0.05) is 44.5 Å². The largest absolute Gasteiger partial charge is 0.456 e. The molecule has 0 amide bonds. The van der Waals surface area contributed by atoms with Crippen LogP contribution in [0.15, 0.2) is 59.6 Å². The molecular formula is C18H16N4Y-2. The third-order valence-electron chi connectivity index (χ3n) is 3.15. The van der Waals surface area contributed by atoms with Crippen LogP contribution >= 0.6 is 0 Å². The molecule has 0 unspecified atom stereocenters. The molecule has 1 radical (unpaired) electrons. The van der Waals surface area contributed by atoms with Crippen molar-refractivity contribution in [1.29, 1.82) is 0 Å². The predicted molar refractivity (Wildman–Crippen MR) is 89.1 cm³/mol. The van der Waals surface area contributed by atoms with Gasteiger partial charge in [-0.1, -0.05) is 36.0 Å². The van der Waals surface area contributed by atoms with E-state index in [0.717, 1.165) is 29.3 Å². The fourth-order valence-corrected chi connectivity index (χ4v) is 2.08. The molecule has 5 heteroatoms. The molecule has 0 saturated heterocycles. The summed E-state index contributed by atoms with van der Waals surface area (Å²) in [7, 11) is 0. The quantitative estimate of drug-likeness (QED) is 0.662.